The van der Waals surface area contributed by atoms with E-state index in [0.29, 0.717) is 11.4 Å². The van der Waals surface area contributed by atoms with Crippen LogP contribution in [0.15, 0.2) is 48.5 Å². The van der Waals surface area contributed by atoms with Gasteiger partial charge in [0.15, 0.2) is 5.78 Å². The molecule has 6 heteroatoms. The standard InChI is InChI=1S/C19H18N2O4/c1-19(2)16-8-7-14(25-3)10-15(16)17(20-19)11-18(22)12-5-4-6-13(9-12)21(23)24/h4-11,20H,1-3H3/b17-11-. The van der Waals surface area contributed by atoms with Gasteiger partial charge in [0.2, 0.25) is 0 Å². The Morgan fingerprint density at radius 1 is 1.24 bits per heavy atom. The fourth-order valence-corrected chi connectivity index (χ4v) is 2.99. The van der Waals surface area contributed by atoms with Gasteiger partial charge in [-0.15, -0.1) is 0 Å². The van der Waals surface area contributed by atoms with Crippen LogP contribution >= 0.6 is 0 Å². The molecule has 0 radical (unpaired) electrons. The lowest BCUT2D eigenvalue weighted by atomic mass is 9.94. The van der Waals surface area contributed by atoms with Crippen LogP contribution in [0.25, 0.3) is 5.70 Å². The molecule has 0 amide bonds. The number of nitro groups is 1. The minimum Gasteiger partial charge on any atom is -0.497 e. The van der Waals surface area contributed by atoms with Crippen LogP contribution in [-0.2, 0) is 5.54 Å². The van der Waals surface area contributed by atoms with Crippen molar-refractivity contribution in [3.63, 3.8) is 0 Å². The largest absolute Gasteiger partial charge is 0.497 e. The maximum Gasteiger partial charge on any atom is 0.270 e. The molecular formula is C19H18N2O4. The molecule has 0 saturated heterocycles. The van der Waals surface area contributed by atoms with Gasteiger partial charge in [-0.2, -0.15) is 0 Å². The molecule has 1 heterocycles. The number of hydrogen-bond donors (Lipinski definition) is 1. The van der Waals surface area contributed by atoms with Crippen molar-refractivity contribution in [2.45, 2.75) is 19.4 Å². The molecule has 1 N–H and O–H groups in total. The smallest absolute Gasteiger partial charge is 0.270 e. The van der Waals surface area contributed by atoms with E-state index in [1.165, 1.54) is 24.3 Å². The first-order valence-corrected chi connectivity index (χ1v) is 7.79. The fraction of sp³-hybridized carbons (Fsp3) is 0.211. The number of non-ortho nitro benzene ring substituents is 1. The summed E-state index contributed by atoms with van der Waals surface area (Å²) in [6, 6.07) is 11.5. The number of nitro benzene ring substituents is 1. The van der Waals surface area contributed by atoms with Crippen LogP contribution in [0, 0.1) is 10.1 Å². The molecule has 25 heavy (non-hydrogen) atoms. The average Bonchev–Trinajstić information content (AvgIpc) is 2.84. The molecule has 0 spiro atoms. The second-order valence-electron chi connectivity index (χ2n) is 6.39. The number of ketones is 1. The molecule has 0 saturated carbocycles. The van der Waals surface area contributed by atoms with Gasteiger partial charge in [-0.05, 0) is 31.5 Å². The SMILES string of the molecule is COc1ccc2c(c1)/C(=C/C(=O)c1cccc([N+](=O)[O-])c1)NC2(C)C. The number of nitrogens with zero attached hydrogens (tertiary/aromatic N) is 1. The highest BCUT2D eigenvalue weighted by molar-refractivity contribution is 6.09. The van der Waals surface area contributed by atoms with Crippen LogP contribution in [0.4, 0.5) is 5.69 Å². The second-order valence-corrected chi connectivity index (χ2v) is 6.39. The van der Waals surface area contributed by atoms with Crippen molar-refractivity contribution in [2.24, 2.45) is 0 Å². The molecule has 6 nitrogen and oxygen atoms in total. The summed E-state index contributed by atoms with van der Waals surface area (Å²) in [4.78, 5) is 23.0. The van der Waals surface area contributed by atoms with Gasteiger partial charge in [-0.1, -0.05) is 18.2 Å². The minimum atomic E-state index is -0.513. The van der Waals surface area contributed by atoms with Crippen LogP contribution in [0.1, 0.15) is 35.3 Å². The number of methoxy groups -OCH3 is 1. The first-order valence-electron chi connectivity index (χ1n) is 7.79. The summed E-state index contributed by atoms with van der Waals surface area (Å²) < 4.78 is 5.27. The predicted molar refractivity (Wildman–Crippen MR) is 94.6 cm³/mol. The van der Waals surface area contributed by atoms with Gasteiger partial charge in [0.25, 0.3) is 5.69 Å². The average molecular weight is 338 g/mol. The summed E-state index contributed by atoms with van der Waals surface area (Å²) in [6.45, 7) is 4.05. The van der Waals surface area contributed by atoms with E-state index in [-0.39, 0.29) is 22.6 Å². The summed E-state index contributed by atoms with van der Waals surface area (Å²) in [5, 5.41) is 14.2. The monoisotopic (exact) mass is 338 g/mol. The molecule has 0 atom stereocenters. The Balaban J connectivity index is 2.01. The molecule has 0 bridgehead atoms. The number of benzene rings is 2. The van der Waals surface area contributed by atoms with Crippen molar-refractivity contribution < 1.29 is 14.5 Å². The molecule has 2 aromatic carbocycles. The zero-order valence-electron chi connectivity index (χ0n) is 14.2. The quantitative estimate of drug-likeness (QED) is 0.398. The highest BCUT2D eigenvalue weighted by Crippen LogP contribution is 2.38. The Labute approximate surface area is 145 Å². The molecule has 2 aromatic rings. The van der Waals surface area contributed by atoms with Gasteiger partial charge in [-0.25, -0.2) is 0 Å². The van der Waals surface area contributed by atoms with E-state index < -0.39 is 4.92 Å². The van der Waals surface area contributed by atoms with Gasteiger partial charge in [-0.3, -0.25) is 14.9 Å². The van der Waals surface area contributed by atoms with E-state index in [1.807, 2.05) is 32.0 Å². The molecule has 1 aliphatic heterocycles. The van der Waals surface area contributed by atoms with Gasteiger partial charge in [0.1, 0.15) is 5.75 Å². The third-order valence-electron chi connectivity index (χ3n) is 4.25. The number of fused-ring (bicyclic) bond motifs is 1. The van der Waals surface area contributed by atoms with Crippen LogP contribution in [-0.4, -0.2) is 17.8 Å². The van der Waals surface area contributed by atoms with Crippen molar-refractivity contribution >= 4 is 17.2 Å². The first kappa shape index (κ1) is 16.7. The van der Waals surface area contributed by atoms with E-state index in [2.05, 4.69) is 5.32 Å². The number of nitrogens with one attached hydrogen (secondary N) is 1. The molecule has 0 fully saturated rings. The van der Waals surface area contributed by atoms with Gasteiger partial charge in [0, 0.05) is 35.0 Å². The predicted octanol–water partition coefficient (Wildman–Crippen LogP) is 3.67. The van der Waals surface area contributed by atoms with E-state index in [9.17, 15) is 14.9 Å². The van der Waals surface area contributed by atoms with Crippen molar-refractivity contribution in [1.82, 2.24) is 5.32 Å². The van der Waals surface area contributed by atoms with Crippen LogP contribution in [0.3, 0.4) is 0 Å². The fourth-order valence-electron chi connectivity index (χ4n) is 2.99. The zero-order valence-corrected chi connectivity index (χ0v) is 14.2. The molecular weight excluding hydrogens is 320 g/mol. The zero-order chi connectivity index (χ0) is 18.2. The number of carbonyl (C=O) groups is 1. The van der Waals surface area contributed by atoms with Gasteiger partial charge < -0.3 is 10.1 Å². The first-order chi connectivity index (χ1) is 11.8. The normalized spacial score (nSPS) is 16.2. The van der Waals surface area contributed by atoms with Gasteiger partial charge >= 0.3 is 0 Å². The highest BCUT2D eigenvalue weighted by atomic mass is 16.6. The maximum absolute atomic E-state index is 12.6. The Morgan fingerprint density at radius 2 is 2.00 bits per heavy atom. The summed E-state index contributed by atoms with van der Waals surface area (Å²) >= 11 is 0. The number of carbonyl (C=O) groups excluding carboxylic acids is 1. The van der Waals surface area contributed by atoms with Crippen LogP contribution < -0.4 is 10.1 Å². The second kappa shape index (κ2) is 6.05. The van der Waals surface area contributed by atoms with Gasteiger partial charge in [0.05, 0.1) is 17.6 Å². The summed E-state index contributed by atoms with van der Waals surface area (Å²) in [6.07, 6.45) is 1.48. The minimum absolute atomic E-state index is 0.106. The lowest BCUT2D eigenvalue weighted by Crippen LogP contribution is -2.28. The van der Waals surface area contributed by atoms with Crippen molar-refractivity contribution in [3.05, 3.63) is 75.3 Å². The number of rotatable bonds is 4. The van der Waals surface area contributed by atoms with E-state index in [0.717, 1.165) is 11.1 Å². The topological polar surface area (TPSA) is 81.5 Å². The van der Waals surface area contributed by atoms with E-state index in [1.54, 1.807) is 13.2 Å². The van der Waals surface area contributed by atoms with Crippen molar-refractivity contribution in [2.75, 3.05) is 7.11 Å². The Morgan fingerprint density at radius 3 is 2.68 bits per heavy atom. The highest BCUT2D eigenvalue weighted by Gasteiger charge is 2.33. The summed E-state index contributed by atoms with van der Waals surface area (Å²) in [5.74, 6) is 0.407. The number of ether oxygens (including phenoxy) is 1. The molecule has 0 aliphatic carbocycles. The maximum atomic E-state index is 12.6. The van der Waals surface area contributed by atoms with E-state index in [4.69, 9.17) is 4.74 Å². The molecule has 0 unspecified atom stereocenters. The molecule has 128 valence electrons. The lowest BCUT2D eigenvalue weighted by Gasteiger charge is -2.20. The van der Waals surface area contributed by atoms with Crippen molar-refractivity contribution in [1.29, 1.82) is 0 Å². The Kier molecular flexibility index (Phi) is 4.04. The molecule has 3 rings (SSSR count). The lowest BCUT2D eigenvalue weighted by molar-refractivity contribution is -0.384. The molecule has 0 aromatic heterocycles. The van der Waals surface area contributed by atoms with Crippen LogP contribution in [0.5, 0.6) is 5.75 Å². The van der Waals surface area contributed by atoms with Crippen LogP contribution in [0.2, 0.25) is 0 Å². The third kappa shape index (κ3) is 3.10. The Bertz CT molecular complexity index is 900. The Hall–Kier alpha value is -3.15. The number of allylic oxidation sites excluding steroid dienone is 1. The summed E-state index contributed by atoms with van der Waals surface area (Å²) in [5.41, 5.74) is 2.48. The summed E-state index contributed by atoms with van der Waals surface area (Å²) in [7, 11) is 1.59. The third-order valence-corrected chi connectivity index (χ3v) is 4.25. The molecule has 1 aliphatic rings. The number of hydrogen-bond acceptors (Lipinski definition) is 5. The van der Waals surface area contributed by atoms with E-state index >= 15 is 0 Å². The van der Waals surface area contributed by atoms with Crippen molar-refractivity contribution in [3.8, 4) is 5.75 Å².